The first kappa shape index (κ1) is 23.9. The number of para-hydroxylation sites is 1. The second kappa shape index (κ2) is 10.8. The summed E-state index contributed by atoms with van der Waals surface area (Å²) < 4.78 is 10.4. The van der Waals surface area contributed by atoms with Gasteiger partial charge in [0.2, 0.25) is 5.91 Å². The van der Waals surface area contributed by atoms with Crippen molar-refractivity contribution in [3.63, 3.8) is 0 Å². The number of ether oxygens (including phenoxy) is 2. The molecule has 1 aliphatic rings. The summed E-state index contributed by atoms with van der Waals surface area (Å²) in [5.74, 6) is 0.610. The SMILES string of the molecule is COc1ccc(CC2SC(=C(C#N)C(=O)Nc3ccc(OC)cc3)N(c3ccccc3)C2=O)cc1. The van der Waals surface area contributed by atoms with Crippen molar-refractivity contribution in [2.24, 2.45) is 0 Å². The molecule has 176 valence electrons. The number of hydrogen-bond donors (Lipinski definition) is 1. The number of amides is 2. The van der Waals surface area contributed by atoms with Gasteiger partial charge in [-0.15, -0.1) is 0 Å². The fourth-order valence-electron chi connectivity index (χ4n) is 3.64. The molecule has 0 bridgehead atoms. The second-order valence-electron chi connectivity index (χ2n) is 7.64. The van der Waals surface area contributed by atoms with Gasteiger partial charge >= 0.3 is 0 Å². The van der Waals surface area contributed by atoms with E-state index in [9.17, 15) is 14.9 Å². The van der Waals surface area contributed by atoms with E-state index < -0.39 is 11.2 Å². The van der Waals surface area contributed by atoms with E-state index in [-0.39, 0.29) is 11.5 Å². The summed E-state index contributed by atoms with van der Waals surface area (Å²) in [4.78, 5) is 28.1. The Balaban J connectivity index is 1.66. The molecule has 2 amide bonds. The number of methoxy groups -OCH3 is 2. The van der Waals surface area contributed by atoms with Crippen LogP contribution in [0, 0.1) is 11.3 Å². The van der Waals surface area contributed by atoms with E-state index in [4.69, 9.17) is 9.47 Å². The molecule has 3 aromatic rings. The largest absolute Gasteiger partial charge is 0.497 e. The Morgan fingerprint density at radius 3 is 2.14 bits per heavy atom. The maximum Gasteiger partial charge on any atom is 0.269 e. The average Bonchev–Trinajstić information content (AvgIpc) is 3.21. The molecule has 0 spiro atoms. The highest BCUT2D eigenvalue weighted by Crippen LogP contribution is 2.42. The minimum absolute atomic E-state index is 0.125. The van der Waals surface area contributed by atoms with Crippen LogP contribution in [0.2, 0.25) is 0 Å². The van der Waals surface area contributed by atoms with Crippen LogP contribution in [0.1, 0.15) is 5.56 Å². The van der Waals surface area contributed by atoms with E-state index in [1.54, 1.807) is 50.6 Å². The van der Waals surface area contributed by atoms with Crippen LogP contribution < -0.4 is 19.7 Å². The predicted molar refractivity (Wildman–Crippen MR) is 136 cm³/mol. The van der Waals surface area contributed by atoms with E-state index in [0.717, 1.165) is 11.3 Å². The van der Waals surface area contributed by atoms with Crippen molar-refractivity contribution < 1.29 is 19.1 Å². The monoisotopic (exact) mass is 485 g/mol. The number of nitriles is 1. The molecule has 1 unspecified atom stereocenters. The van der Waals surface area contributed by atoms with Gasteiger partial charge in [-0.2, -0.15) is 5.26 Å². The highest BCUT2D eigenvalue weighted by molar-refractivity contribution is 8.05. The van der Waals surface area contributed by atoms with Gasteiger partial charge in [0.1, 0.15) is 28.2 Å². The molecule has 35 heavy (non-hydrogen) atoms. The normalized spacial score (nSPS) is 16.4. The van der Waals surface area contributed by atoms with Crippen LogP contribution in [-0.4, -0.2) is 31.3 Å². The Kier molecular flexibility index (Phi) is 7.38. The Morgan fingerprint density at radius 1 is 0.971 bits per heavy atom. The maximum atomic E-state index is 13.5. The van der Waals surface area contributed by atoms with Gasteiger partial charge < -0.3 is 14.8 Å². The fourth-order valence-corrected chi connectivity index (χ4v) is 4.95. The van der Waals surface area contributed by atoms with Gasteiger partial charge in [0.15, 0.2) is 0 Å². The summed E-state index contributed by atoms with van der Waals surface area (Å²) in [6, 6.07) is 25.3. The highest BCUT2D eigenvalue weighted by atomic mass is 32.2. The maximum absolute atomic E-state index is 13.5. The Morgan fingerprint density at radius 2 is 1.57 bits per heavy atom. The third kappa shape index (κ3) is 5.31. The lowest BCUT2D eigenvalue weighted by Crippen LogP contribution is -2.30. The molecule has 1 heterocycles. The van der Waals surface area contributed by atoms with Gasteiger partial charge in [-0.05, 0) is 60.5 Å². The van der Waals surface area contributed by atoms with Crippen molar-refractivity contribution in [2.45, 2.75) is 11.7 Å². The number of nitrogens with one attached hydrogen (secondary N) is 1. The number of carbonyl (C=O) groups is 2. The molecule has 7 nitrogen and oxygen atoms in total. The molecule has 1 aliphatic heterocycles. The number of thioether (sulfide) groups is 1. The zero-order valence-corrected chi connectivity index (χ0v) is 20.0. The topological polar surface area (TPSA) is 91.7 Å². The number of hydrogen-bond acceptors (Lipinski definition) is 6. The Labute approximate surface area is 208 Å². The van der Waals surface area contributed by atoms with E-state index in [1.165, 1.54) is 16.7 Å². The standard InChI is InChI=1S/C27H23N3O4S/c1-33-21-12-8-18(9-13-21)16-24-26(32)30(20-6-4-3-5-7-20)27(35-24)23(17-28)25(31)29-19-10-14-22(34-2)15-11-19/h3-15,24H,16H2,1-2H3,(H,29,31). The van der Waals surface area contributed by atoms with E-state index in [1.807, 2.05) is 48.5 Å². The Bertz CT molecular complexity index is 1280. The third-order valence-corrected chi connectivity index (χ3v) is 6.71. The Hall–Kier alpha value is -4.22. The zero-order valence-electron chi connectivity index (χ0n) is 19.2. The molecule has 8 heteroatoms. The molecule has 1 saturated heterocycles. The summed E-state index contributed by atoms with van der Waals surface area (Å²) in [6.45, 7) is 0. The van der Waals surface area contributed by atoms with Gasteiger partial charge in [-0.3, -0.25) is 14.5 Å². The number of anilines is 2. The van der Waals surface area contributed by atoms with E-state index in [0.29, 0.717) is 28.6 Å². The van der Waals surface area contributed by atoms with Gasteiger partial charge in [0.25, 0.3) is 5.91 Å². The molecule has 4 rings (SSSR count). The van der Waals surface area contributed by atoms with Crippen molar-refractivity contribution in [1.82, 2.24) is 0 Å². The first-order valence-electron chi connectivity index (χ1n) is 10.8. The quantitative estimate of drug-likeness (QED) is 0.383. The molecule has 0 aliphatic carbocycles. The van der Waals surface area contributed by atoms with E-state index in [2.05, 4.69) is 5.32 Å². The predicted octanol–water partition coefficient (Wildman–Crippen LogP) is 4.77. The van der Waals surface area contributed by atoms with Crippen LogP contribution in [0.15, 0.2) is 89.5 Å². The van der Waals surface area contributed by atoms with E-state index >= 15 is 0 Å². The molecular formula is C27H23N3O4S. The number of benzene rings is 3. The number of carbonyl (C=O) groups excluding carboxylic acids is 2. The van der Waals surface area contributed by atoms with Gasteiger partial charge in [-0.25, -0.2) is 0 Å². The summed E-state index contributed by atoms with van der Waals surface area (Å²) in [5.41, 5.74) is 1.94. The third-order valence-electron chi connectivity index (χ3n) is 5.45. The zero-order chi connectivity index (χ0) is 24.8. The molecular weight excluding hydrogens is 462 g/mol. The first-order valence-corrected chi connectivity index (χ1v) is 11.7. The van der Waals surface area contributed by atoms with Crippen LogP contribution in [0.3, 0.4) is 0 Å². The molecule has 0 radical (unpaired) electrons. The summed E-state index contributed by atoms with van der Waals surface area (Å²) in [7, 11) is 3.15. The van der Waals surface area contributed by atoms with Gasteiger partial charge in [0.05, 0.1) is 19.5 Å². The summed E-state index contributed by atoms with van der Waals surface area (Å²) >= 11 is 1.23. The van der Waals surface area contributed by atoms with Crippen LogP contribution in [0.5, 0.6) is 11.5 Å². The molecule has 1 fully saturated rings. The highest BCUT2D eigenvalue weighted by Gasteiger charge is 2.40. The minimum atomic E-state index is -0.584. The molecule has 0 saturated carbocycles. The van der Waals surface area contributed by atoms with Crippen LogP contribution >= 0.6 is 11.8 Å². The number of rotatable bonds is 7. The second-order valence-corrected chi connectivity index (χ2v) is 8.83. The smallest absolute Gasteiger partial charge is 0.269 e. The lowest BCUT2D eigenvalue weighted by atomic mass is 10.1. The first-order chi connectivity index (χ1) is 17.0. The molecule has 3 aromatic carbocycles. The molecule has 1 atom stereocenters. The van der Waals surface area contributed by atoms with Crippen molar-refractivity contribution in [1.29, 1.82) is 5.26 Å². The average molecular weight is 486 g/mol. The molecule has 0 aromatic heterocycles. The molecule has 1 N–H and O–H groups in total. The summed E-state index contributed by atoms with van der Waals surface area (Å²) in [6.07, 6.45) is 0.444. The van der Waals surface area contributed by atoms with Crippen molar-refractivity contribution in [3.8, 4) is 17.6 Å². The lowest BCUT2D eigenvalue weighted by Gasteiger charge is -2.18. The van der Waals surface area contributed by atoms with Gasteiger partial charge in [0, 0.05) is 11.4 Å². The number of nitrogens with zero attached hydrogens (tertiary/aromatic N) is 2. The minimum Gasteiger partial charge on any atom is -0.497 e. The van der Waals surface area contributed by atoms with Crippen molar-refractivity contribution in [2.75, 3.05) is 24.4 Å². The van der Waals surface area contributed by atoms with Crippen LogP contribution in [0.25, 0.3) is 0 Å². The van der Waals surface area contributed by atoms with Crippen LogP contribution in [0.4, 0.5) is 11.4 Å². The lowest BCUT2D eigenvalue weighted by molar-refractivity contribution is -0.117. The van der Waals surface area contributed by atoms with Crippen molar-refractivity contribution >= 4 is 35.0 Å². The van der Waals surface area contributed by atoms with Crippen LogP contribution in [-0.2, 0) is 16.0 Å². The summed E-state index contributed by atoms with van der Waals surface area (Å²) in [5, 5.41) is 12.5. The fraction of sp³-hybridized carbons (Fsp3) is 0.148. The van der Waals surface area contributed by atoms with Gasteiger partial charge in [-0.1, -0.05) is 42.1 Å². The van der Waals surface area contributed by atoms with Crippen molar-refractivity contribution in [3.05, 3.63) is 95.0 Å².